The summed E-state index contributed by atoms with van der Waals surface area (Å²) in [6, 6.07) is 9.97. The van der Waals surface area contributed by atoms with E-state index < -0.39 is 23.0 Å². The van der Waals surface area contributed by atoms with Gasteiger partial charge >= 0.3 is 6.18 Å². The van der Waals surface area contributed by atoms with E-state index in [0.29, 0.717) is 25.5 Å². The van der Waals surface area contributed by atoms with Crippen molar-refractivity contribution in [3.8, 4) is 0 Å². The lowest BCUT2D eigenvalue weighted by Gasteiger charge is -2.36. The van der Waals surface area contributed by atoms with Gasteiger partial charge in [0.05, 0.1) is 24.0 Å². The van der Waals surface area contributed by atoms with Crippen LogP contribution >= 0.6 is 0 Å². The van der Waals surface area contributed by atoms with Crippen molar-refractivity contribution in [2.75, 3.05) is 5.73 Å². The van der Waals surface area contributed by atoms with Crippen LogP contribution in [0.5, 0.6) is 0 Å². The van der Waals surface area contributed by atoms with Crippen molar-refractivity contribution in [1.29, 1.82) is 0 Å². The molecule has 2 aromatic rings. The highest BCUT2D eigenvalue weighted by molar-refractivity contribution is 5.39. The average Bonchev–Trinajstić information content (AvgIpc) is 2.49. The van der Waals surface area contributed by atoms with Crippen LogP contribution in [0.1, 0.15) is 30.0 Å². The quantitative estimate of drug-likeness (QED) is 0.930. The summed E-state index contributed by atoms with van der Waals surface area (Å²) in [6.45, 7) is 0.442. The molecule has 0 atom stereocenters. The minimum atomic E-state index is -4.53. The first-order chi connectivity index (χ1) is 11.3. The Bertz CT molecular complexity index is 766. The number of alkyl halides is 3. The first kappa shape index (κ1) is 16.6. The number of nitrogens with two attached hydrogens (primary N) is 1. The molecule has 0 unspecified atom stereocenters. The Hall–Kier alpha value is -2.28. The van der Waals surface area contributed by atoms with E-state index in [0.717, 1.165) is 16.3 Å². The molecule has 1 fully saturated rings. The fraction of sp³-hybridized carbons (Fsp3) is 0.353. The van der Waals surface area contributed by atoms with Gasteiger partial charge in [0.1, 0.15) is 0 Å². The topological polar surface area (TPSA) is 57.2 Å². The molecule has 0 bridgehead atoms. The van der Waals surface area contributed by atoms with Gasteiger partial charge in [-0.05, 0) is 24.5 Å². The van der Waals surface area contributed by atoms with Crippen molar-refractivity contribution in [2.45, 2.75) is 37.8 Å². The van der Waals surface area contributed by atoms with Gasteiger partial charge in [0.2, 0.25) is 0 Å². The summed E-state index contributed by atoms with van der Waals surface area (Å²) in [5.74, 6) is 0. The van der Waals surface area contributed by atoms with Crippen LogP contribution in [0.15, 0.2) is 47.4 Å². The highest BCUT2D eigenvalue weighted by Crippen LogP contribution is 2.36. The summed E-state index contributed by atoms with van der Waals surface area (Å²) >= 11 is 0. The van der Waals surface area contributed by atoms with E-state index in [1.54, 1.807) is 0 Å². The van der Waals surface area contributed by atoms with Crippen molar-refractivity contribution < 1.29 is 17.9 Å². The standard InChI is InChI=1S/C17H17F3N2O2/c18-17(19,20)12-6-15(21)16(23)22(9-12)13-7-14(8-13)24-10-11-4-2-1-3-5-11/h1-6,9,13-14H,7-8,10,21H2. The van der Waals surface area contributed by atoms with Gasteiger partial charge in [-0.1, -0.05) is 30.3 Å². The minimum absolute atomic E-state index is 0.0714. The van der Waals surface area contributed by atoms with E-state index in [9.17, 15) is 18.0 Å². The number of rotatable bonds is 4. The molecule has 128 valence electrons. The Morgan fingerprint density at radius 2 is 1.88 bits per heavy atom. The molecule has 0 spiro atoms. The summed E-state index contributed by atoms with van der Waals surface area (Å²) in [6.07, 6.45) is -2.77. The van der Waals surface area contributed by atoms with Crippen molar-refractivity contribution in [3.05, 3.63) is 64.1 Å². The molecule has 0 aliphatic heterocycles. The molecule has 4 nitrogen and oxygen atoms in total. The number of nitrogens with zero attached hydrogens (tertiary/aromatic N) is 1. The Labute approximate surface area is 136 Å². The van der Waals surface area contributed by atoms with Gasteiger partial charge in [-0.3, -0.25) is 4.79 Å². The molecule has 24 heavy (non-hydrogen) atoms. The number of anilines is 1. The molecule has 3 rings (SSSR count). The number of pyridine rings is 1. The number of aromatic nitrogens is 1. The molecular formula is C17H17F3N2O2. The van der Waals surface area contributed by atoms with E-state index >= 15 is 0 Å². The van der Waals surface area contributed by atoms with Crippen LogP contribution in [0, 0.1) is 0 Å². The maximum Gasteiger partial charge on any atom is 0.417 e. The molecule has 1 aliphatic carbocycles. The van der Waals surface area contributed by atoms with Crippen LogP contribution in [-0.2, 0) is 17.5 Å². The van der Waals surface area contributed by atoms with Crippen LogP contribution < -0.4 is 11.3 Å². The maximum atomic E-state index is 12.9. The van der Waals surface area contributed by atoms with E-state index in [2.05, 4.69) is 0 Å². The van der Waals surface area contributed by atoms with E-state index in [1.807, 2.05) is 30.3 Å². The summed E-state index contributed by atoms with van der Waals surface area (Å²) in [5, 5.41) is 0. The molecule has 1 aromatic heterocycles. The maximum absolute atomic E-state index is 12.9. The predicted molar refractivity (Wildman–Crippen MR) is 83.4 cm³/mol. The van der Waals surface area contributed by atoms with Gasteiger partial charge in [-0.15, -0.1) is 0 Å². The summed E-state index contributed by atoms with van der Waals surface area (Å²) in [5.41, 5.74) is 4.58. The third kappa shape index (κ3) is 3.46. The van der Waals surface area contributed by atoms with E-state index in [4.69, 9.17) is 10.5 Å². The van der Waals surface area contributed by atoms with Crippen molar-refractivity contribution in [2.24, 2.45) is 0 Å². The Kier molecular flexibility index (Phi) is 4.36. The van der Waals surface area contributed by atoms with E-state index in [-0.39, 0.29) is 12.1 Å². The zero-order valence-corrected chi connectivity index (χ0v) is 12.8. The monoisotopic (exact) mass is 338 g/mol. The number of halogens is 3. The normalized spacial score (nSPS) is 20.6. The summed E-state index contributed by atoms with van der Waals surface area (Å²) in [7, 11) is 0. The fourth-order valence-corrected chi connectivity index (χ4v) is 2.74. The minimum Gasteiger partial charge on any atom is -0.394 e. The Morgan fingerprint density at radius 1 is 1.21 bits per heavy atom. The molecular weight excluding hydrogens is 321 g/mol. The zero-order valence-electron chi connectivity index (χ0n) is 12.8. The first-order valence-corrected chi connectivity index (χ1v) is 7.59. The molecule has 1 aromatic carbocycles. The SMILES string of the molecule is Nc1cc(C(F)(F)F)cn(C2CC(OCc3ccccc3)C2)c1=O. The zero-order chi connectivity index (χ0) is 17.3. The van der Waals surface area contributed by atoms with Gasteiger partial charge in [0.25, 0.3) is 5.56 Å². The van der Waals surface area contributed by atoms with Gasteiger partial charge in [0.15, 0.2) is 0 Å². The highest BCUT2D eigenvalue weighted by atomic mass is 19.4. The molecule has 0 radical (unpaired) electrons. The largest absolute Gasteiger partial charge is 0.417 e. The van der Waals surface area contributed by atoms with Crippen molar-refractivity contribution in [3.63, 3.8) is 0 Å². The van der Waals surface area contributed by atoms with Gasteiger partial charge in [0, 0.05) is 12.2 Å². The van der Waals surface area contributed by atoms with Gasteiger partial charge < -0.3 is 15.0 Å². The van der Waals surface area contributed by atoms with Gasteiger partial charge in [-0.2, -0.15) is 13.2 Å². The predicted octanol–water partition coefficient (Wildman–Crippen LogP) is 3.37. The fourth-order valence-electron chi connectivity index (χ4n) is 2.74. The third-order valence-electron chi connectivity index (χ3n) is 4.19. The molecule has 1 aliphatic rings. The van der Waals surface area contributed by atoms with Crippen molar-refractivity contribution >= 4 is 5.69 Å². The molecule has 2 N–H and O–H groups in total. The average molecular weight is 338 g/mol. The summed E-state index contributed by atoms with van der Waals surface area (Å²) in [4.78, 5) is 12.0. The van der Waals surface area contributed by atoms with Crippen LogP contribution in [0.3, 0.4) is 0 Å². The molecule has 0 saturated heterocycles. The first-order valence-electron chi connectivity index (χ1n) is 7.59. The number of hydrogen-bond acceptors (Lipinski definition) is 3. The van der Waals surface area contributed by atoms with Crippen LogP contribution in [-0.4, -0.2) is 10.7 Å². The van der Waals surface area contributed by atoms with Crippen LogP contribution in [0.4, 0.5) is 18.9 Å². The van der Waals surface area contributed by atoms with Gasteiger partial charge in [-0.25, -0.2) is 0 Å². The molecule has 7 heteroatoms. The molecule has 1 saturated carbocycles. The van der Waals surface area contributed by atoms with Crippen molar-refractivity contribution in [1.82, 2.24) is 4.57 Å². The third-order valence-corrected chi connectivity index (χ3v) is 4.19. The number of benzene rings is 1. The summed E-state index contributed by atoms with van der Waals surface area (Å²) < 4.78 is 45.4. The number of nitrogen functional groups attached to an aromatic ring is 1. The lowest BCUT2D eigenvalue weighted by atomic mass is 9.88. The lowest BCUT2D eigenvalue weighted by Crippen LogP contribution is -2.39. The highest BCUT2D eigenvalue weighted by Gasteiger charge is 2.36. The second-order valence-electron chi connectivity index (χ2n) is 5.94. The Balaban J connectivity index is 1.65. The number of hydrogen-bond donors (Lipinski definition) is 1. The van der Waals surface area contributed by atoms with Crippen LogP contribution in [0.2, 0.25) is 0 Å². The second-order valence-corrected chi connectivity index (χ2v) is 5.94. The second kappa shape index (κ2) is 6.32. The molecule has 0 amide bonds. The van der Waals surface area contributed by atoms with E-state index in [1.165, 1.54) is 0 Å². The number of ether oxygens (including phenoxy) is 1. The Morgan fingerprint density at radius 3 is 2.50 bits per heavy atom. The smallest absolute Gasteiger partial charge is 0.394 e. The van der Waals surface area contributed by atoms with Crippen LogP contribution in [0.25, 0.3) is 0 Å². The lowest BCUT2D eigenvalue weighted by molar-refractivity contribution is -0.138. The molecule has 1 heterocycles.